The maximum atomic E-state index is 12.6. The van der Waals surface area contributed by atoms with E-state index in [0.29, 0.717) is 22.7 Å². The Balaban J connectivity index is 1.45. The molecule has 176 valence electrons. The Morgan fingerprint density at radius 2 is 1.87 bits per heavy atom. The van der Waals surface area contributed by atoms with Crippen LogP contribution in [0.5, 0.6) is 0 Å². The second-order valence-electron chi connectivity index (χ2n) is 12.0. The van der Waals surface area contributed by atoms with Gasteiger partial charge in [-0.3, -0.25) is 4.79 Å². The lowest BCUT2D eigenvalue weighted by Crippen LogP contribution is -2.50. The van der Waals surface area contributed by atoms with Crippen LogP contribution in [-0.2, 0) is 4.79 Å². The summed E-state index contributed by atoms with van der Waals surface area (Å²) in [5.74, 6) is 4.25. The molecule has 0 aromatic heterocycles. The predicted molar refractivity (Wildman–Crippen MR) is 128 cm³/mol. The minimum atomic E-state index is -0.111. The van der Waals surface area contributed by atoms with Gasteiger partial charge in [-0.1, -0.05) is 32.4 Å². The van der Waals surface area contributed by atoms with Gasteiger partial charge < -0.3 is 10.0 Å². The molecule has 3 heteroatoms. The van der Waals surface area contributed by atoms with E-state index < -0.39 is 0 Å². The molecule has 0 radical (unpaired) electrons. The molecule has 4 aliphatic carbocycles. The highest BCUT2D eigenvalue weighted by Crippen LogP contribution is 2.67. The zero-order valence-electron chi connectivity index (χ0n) is 20.8. The highest BCUT2D eigenvalue weighted by Gasteiger charge is 2.59. The summed E-state index contributed by atoms with van der Waals surface area (Å²) in [6, 6.07) is 0. The van der Waals surface area contributed by atoms with Crippen molar-refractivity contribution in [2.24, 2.45) is 40.4 Å². The fourth-order valence-electron chi connectivity index (χ4n) is 8.90. The molecule has 0 spiro atoms. The summed E-state index contributed by atoms with van der Waals surface area (Å²) >= 11 is 0. The van der Waals surface area contributed by atoms with Crippen molar-refractivity contribution in [1.82, 2.24) is 4.90 Å². The Bertz CT molecular complexity index is 697. The van der Waals surface area contributed by atoms with Crippen LogP contribution in [0, 0.1) is 40.4 Å². The third-order valence-electron chi connectivity index (χ3n) is 10.8. The number of amides is 1. The van der Waals surface area contributed by atoms with E-state index in [-0.39, 0.29) is 6.10 Å². The lowest BCUT2D eigenvalue weighted by molar-refractivity contribution is -0.131. The first-order valence-corrected chi connectivity index (χ1v) is 13.4. The van der Waals surface area contributed by atoms with Gasteiger partial charge in [0.05, 0.1) is 6.10 Å². The number of aliphatic hydroxyl groups excluding tert-OH is 1. The first kappa shape index (κ1) is 23.3. The summed E-state index contributed by atoms with van der Waals surface area (Å²) in [5.41, 5.74) is 2.37. The average molecular weight is 430 g/mol. The van der Waals surface area contributed by atoms with E-state index in [1.54, 1.807) is 5.57 Å². The van der Waals surface area contributed by atoms with Gasteiger partial charge in [-0.15, -0.1) is 0 Å². The molecule has 0 bridgehead atoms. The molecule has 1 N–H and O–H groups in total. The molecule has 0 aromatic carbocycles. The fraction of sp³-hybridized carbons (Fsp3) is 0.893. The van der Waals surface area contributed by atoms with Gasteiger partial charge in [-0.05, 0) is 112 Å². The van der Waals surface area contributed by atoms with Crippen LogP contribution in [0.15, 0.2) is 11.6 Å². The van der Waals surface area contributed by atoms with Gasteiger partial charge in [0.25, 0.3) is 0 Å². The molecule has 1 amide bonds. The zero-order valence-corrected chi connectivity index (χ0v) is 20.8. The van der Waals surface area contributed by atoms with E-state index in [1.165, 1.54) is 38.5 Å². The van der Waals surface area contributed by atoms with E-state index in [9.17, 15) is 9.90 Å². The van der Waals surface area contributed by atoms with E-state index >= 15 is 0 Å². The molecule has 3 fully saturated rings. The predicted octanol–water partition coefficient (Wildman–Crippen LogP) is 6.21. The van der Waals surface area contributed by atoms with Crippen molar-refractivity contribution in [3.63, 3.8) is 0 Å². The number of hydrogen-bond acceptors (Lipinski definition) is 2. The van der Waals surface area contributed by atoms with Crippen LogP contribution >= 0.6 is 0 Å². The third-order valence-corrected chi connectivity index (χ3v) is 10.8. The van der Waals surface area contributed by atoms with E-state index in [1.807, 2.05) is 4.90 Å². The number of nitrogens with zero attached hydrogens (tertiary/aromatic N) is 1. The molecule has 1 unspecified atom stereocenters. The highest BCUT2D eigenvalue weighted by molar-refractivity contribution is 5.76. The molecule has 3 nitrogen and oxygen atoms in total. The lowest BCUT2D eigenvalue weighted by atomic mass is 9.47. The first-order valence-electron chi connectivity index (χ1n) is 13.4. The number of fused-ring (bicyclic) bond motifs is 5. The van der Waals surface area contributed by atoms with Crippen LogP contribution in [0.2, 0.25) is 0 Å². The van der Waals surface area contributed by atoms with Crippen molar-refractivity contribution in [2.45, 2.75) is 105 Å². The van der Waals surface area contributed by atoms with Crippen molar-refractivity contribution in [1.29, 1.82) is 0 Å². The Kier molecular flexibility index (Phi) is 6.65. The quantitative estimate of drug-likeness (QED) is 0.510. The highest BCUT2D eigenvalue weighted by atomic mass is 16.3. The largest absolute Gasteiger partial charge is 0.393 e. The van der Waals surface area contributed by atoms with Gasteiger partial charge in [0.15, 0.2) is 0 Å². The van der Waals surface area contributed by atoms with Gasteiger partial charge in [0.1, 0.15) is 0 Å². The summed E-state index contributed by atoms with van der Waals surface area (Å²) in [7, 11) is 0. The van der Waals surface area contributed by atoms with Crippen molar-refractivity contribution >= 4 is 5.91 Å². The molecule has 8 atom stereocenters. The van der Waals surface area contributed by atoms with Crippen LogP contribution in [0.25, 0.3) is 0 Å². The van der Waals surface area contributed by atoms with Gasteiger partial charge in [0.2, 0.25) is 5.91 Å². The number of aliphatic hydroxyl groups is 1. The van der Waals surface area contributed by atoms with E-state index in [2.05, 4.69) is 40.7 Å². The number of allylic oxidation sites excluding steroid dienone is 1. The number of carbonyl (C=O) groups is 1. The number of carbonyl (C=O) groups excluding carboxylic acids is 1. The van der Waals surface area contributed by atoms with Crippen LogP contribution in [-0.4, -0.2) is 35.1 Å². The SMILES string of the molecule is CCN(CC)C(=O)CCC(C)[C@H]1CC[C@H]2[C@@H]3CC=C4C[C@@H](O)CC[C@]4(C)[C@H]3CC[C@]12C. The molecule has 0 aromatic rings. The van der Waals surface area contributed by atoms with Crippen LogP contribution in [0.4, 0.5) is 0 Å². The van der Waals surface area contributed by atoms with Crippen molar-refractivity contribution < 1.29 is 9.90 Å². The van der Waals surface area contributed by atoms with Crippen LogP contribution in [0.3, 0.4) is 0 Å². The maximum Gasteiger partial charge on any atom is 0.222 e. The standard InChI is InChI=1S/C28H47NO2/c1-6-29(7-2)26(31)13-8-19(3)23-11-12-24-22-10-9-20-18-21(30)14-16-27(20,4)25(22)15-17-28(23,24)5/h9,19,21-25,30H,6-8,10-18H2,1-5H3/t19?,21-,22-,23+,24-,25-,27-,28+/m0/s1. The Morgan fingerprint density at radius 3 is 2.58 bits per heavy atom. The maximum absolute atomic E-state index is 12.6. The minimum absolute atomic E-state index is 0.111. The minimum Gasteiger partial charge on any atom is -0.393 e. The first-order chi connectivity index (χ1) is 14.7. The fourth-order valence-corrected chi connectivity index (χ4v) is 8.90. The molecule has 0 saturated heterocycles. The number of rotatable bonds is 6. The molecule has 3 saturated carbocycles. The van der Waals surface area contributed by atoms with Crippen molar-refractivity contribution in [2.75, 3.05) is 13.1 Å². The zero-order chi connectivity index (χ0) is 22.4. The molecule has 0 heterocycles. The molecule has 4 aliphatic rings. The van der Waals surface area contributed by atoms with Crippen molar-refractivity contribution in [3.8, 4) is 0 Å². The summed E-state index contributed by atoms with van der Waals surface area (Å²) in [6.07, 6.45) is 14.0. The van der Waals surface area contributed by atoms with Gasteiger partial charge >= 0.3 is 0 Å². The Hall–Kier alpha value is -0.830. The third kappa shape index (κ3) is 3.91. The summed E-state index contributed by atoms with van der Waals surface area (Å²) < 4.78 is 0. The molecule has 31 heavy (non-hydrogen) atoms. The molecular weight excluding hydrogens is 382 g/mol. The monoisotopic (exact) mass is 429 g/mol. The summed E-state index contributed by atoms with van der Waals surface area (Å²) in [5, 5.41) is 10.2. The topological polar surface area (TPSA) is 40.5 Å². The second kappa shape index (κ2) is 8.84. The van der Waals surface area contributed by atoms with E-state index in [4.69, 9.17) is 0 Å². The Morgan fingerprint density at radius 1 is 1.13 bits per heavy atom. The van der Waals surface area contributed by atoms with Crippen LogP contribution in [0.1, 0.15) is 98.8 Å². The van der Waals surface area contributed by atoms with E-state index in [0.717, 1.165) is 62.4 Å². The smallest absolute Gasteiger partial charge is 0.222 e. The molecule has 4 rings (SSSR count). The summed E-state index contributed by atoms with van der Waals surface area (Å²) in [4.78, 5) is 14.6. The van der Waals surface area contributed by atoms with Gasteiger partial charge in [-0.25, -0.2) is 0 Å². The van der Waals surface area contributed by atoms with Crippen molar-refractivity contribution in [3.05, 3.63) is 11.6 Å². The van der Waals surface area contributed by atoms with Crippen LogP contribution < -0.4 is 0 Å². The average Bonchev–Trinajstić information content (AvgIpc) is 3.10. The second-order valence-corrected chi connectivity index (χ2v) is 12.0. The summed E-state index contributed by atoms with van der Waals surface area (Å²) in [6.45, 7) is 13.4. The lowest BCUT2D eigenvalue weighted by Gasteiger charge is -2.58. The molecular formula is C28H47NO2. The number of hydrogen-bond donors (Lipinski definition) is 1. The van der Waals surface area contributed by atoms with Gasteiger partial charge in [-0.2, -0.15) is 0 Å². The van der Waals surface area contributed by atoms with Gasteiger partial charge in [0, 0.05) is 19.5 Å². The Labute approximate surface area is 191 Å². The molecule has 0 aliphatic heterocycles. The normalized spacial score (nSPS) is 42.8.